The fourth-order valence-corrected chi connectivity index (χ4v) is 4.10. The Kier molecular flexibility index (Phi) is 3.08. The molecule has 1 aromatic carbocycles. The minimum atomic E-state index is 0.558. The molecule has 4 nitrogen and oxygen atoms in total. The molecule has 0 unspecified atom stereocenters. The largest absolute Gasteiger partial charge is 0.371 e. The van der Waals surface area contributed by atoms with Gasteiger partial charge in [-0.05, 0) is 53.7 Å². The monoisotopic (exact) mass is 346 g/mol. The summed E-state index contributed by atoms with van der Waals surface area (Å²) in [6.45, 7) is 4.90. The second kappa shape index (κ2) is 4.85. The normalized spacial score (nSPS) is 21.0. The molecule has 0 aliphatic carbocycles. The van der Waals surface area contributed by atoms with Crippen molar-refractivity contribution in [2.24, 2.45) is 5.41 Å². The Morgan fingerprint density at radius 1 is 1.10 bits per heavy atom. The zero-order valence-corrected chi connectivity index (χ0v) is 13.8. The predicted octanol–water partition coefficient (Wildman–Crippen LogP) is 2.78. The number of rotatable bonds is 2. The quantitative estimate of drug-likeness (QED) is 0.835. The van der Waals surface area contributed by atoms with Gasteiger partial charge in [-0.3, -0.25) is 0 Å². The fourth-order valence-electron chi connectivity index (χ4n) is 3.79. The number of anilines is 1. The summed E-state index contributed by atoms with van der Waals surface area (Å²) >= 11 is 3.39. The highest BCUT2D eigenvalue weighted by Gasteiger charge is 2.45. The van der Waals surface area contributed by atoms with Gasteiger partial charge in [0.1, 0.15) is 10.9 Å². The first-order valence-electron chi connectivity index (χ1n) is 7.37. The van der Waals surface area contributed by atoms with Gasteiger partial charge in [0, 0.05) is 49.2 Å². The van der Waals surface area contributed by atoms with Crippen molar-refractivity contribution < 1.29 is 0 Å². The van der Waals surface area contributed by atoms with Gasteiger partial charge in [-0.1, -0.05) is 0 Å². The van der Waals surface area contributed by atoms with Crippen molar-refractivity contribution in [1.82, 2.24) is 14.5 Å². The van der Waals surface area contributed by atoms with Crippen molar-refractivity contribution in [3.05, 3.63) is 41.4 Å². The van der Waals surface area contributed by atoms with E-state index >= 15 is 0 Å². The van der Waals surface area contributed by atoms with Crippen LogP contribution in [0.1, 0.15) is 6.42 Å². The van der Waals surface area contributed by atoms with Crippen molar-refractivity contribution in [2.75, 3.05) is 38.1 Å². The van der Waals surface area contributed by atoms with Crippen LogP contribution in [-0.4, -0.2) is 47.7 Å². The molecule has 0 atom stereocenters. The number of hydrogen-bond acceptors (Lipinski definition) is 3. The molecule has 110 valence electrons. The number of halogens is 1. The van der Waals surface area contributed by atoms with E-state index in [0.717, 1.165) is 10.3 Å². The van der Waals surface area contributed by atoms with Crippen LogP contribution in [0.3, 0.4) is 0 Å². The van der Waals surface area contributed by atoms with Crippen LogP contribution in [0.25, 0.3) is 5.69 Å². The average molecular weight is 347 g/mol. The Bertz CT molecular complexity index is 643. The van der Waals surface area contributed by atoms with E-state index in [-0.39, 0.29) is 0 Å². The Morgan fingerprint density at radius 3 is 2.43 bits per heavy atom. The van der Waals surface area contributed by atoms with E-state index in [9.17, 15) is 0 Å². The van der Waals surface area contributed by atoms with E-state index in [0.29, 0.717) is 5.41 Å². The number of nitrogens with zero attached hydrogens (tertiary/aromatic N) is 4. The maximum absolute atomic E-state index is 4.20. The van der Waals surface area contributed by atoms with Gasteiger partial charge >= 0.3 is 0 Å². The lowest BCUT2D eigenvalue weighted by Crippen LogP contribution is -2.55. The maximum Gasteiger partial charge on any atom is 0.124 e. The van der Waals surface area contributed by atoms with Crippen LogP contribution in [0.2, 0.25) is 0 Å². The third-order valence-corrected chi connectivity index (χ3v) is 5.12. The first kappa shape index (κ1) is 13.3. The lowest BCUT2D eigenvalue weighted by atomic mass is 9.79. The molecule has 2 aromatic rings. The van der Waals surface area contributed by atoms with Gasteiger partial charge in [0.25, 0.3) is 0 Å². The van der Waals surface area contributed by atoms with E-state index in [1.807, 2.05) is 17.1 Å². The summed E-state index contributed by atoms with van der Waals surface area (Å²) in [5.74, 6) is 0. The SMILES string of the molecule is CN1CC2(CCN(c3ccc(-n4cnc(Br)c4)cc3)C2)C1. The van der Waals surface area contributed by atoms with Crippen molar-refractivity contribution >= 4 is 21.6 Å². The van der Waals surface area contributed by atoms with Gasteiger partial charge in [0.05, 0.1) is 0 Å². The zero-order chi connectivity index (χ0) is 14.4. The van der Waals surface area contributed by atoms with Crippen molar-refractivity contribution in [3.8, 4) is 5.69 Å². The van der Waals surface area contributed by atoms with Gasteiger partial charge in [-0.15, -0.1) is 0 Å². The van der Waals surface area contributed by atoms with Gasteiger partial charge < -0.3 is 14.4 Å². The van der Waals surface area contributed by atoms with E-state index in [2.05, 4.69) is 62.0 Å². The summed E-state index contributed by atoms with van der Waals surface area (Å²) in [6, 6.07) is 8.79. The van der Waals surface area contributed by atoms with Crippen molar-refractivity contribution in [3.63, 3.8) is 0 Å². The molecule has 2 fully saturated rings. The summed E-state index contributed by atoms with van der Waals surface area (Å²) in [6.07, 6.45) is 5.13. The minimum Gasteiger partial charge on any atom is -0.371 e. The standard InChI is InChI=1S/C16H19BrN4/c1-19-9-16(10-19)6-7-20(11-16)13-2-4-14(5-3-13)21-8-15(17)18-12-21/h2-5,8,12H,6-7,9-11H2,1H3. The summed E-state index contributed by atoms with van der Waals surface area (Å²) in [4.78, 5) is 9.15. The average Bonchev–Trinajstić information content (AvgIpc) is 3.06. The molecule has 2 aliphatic rings. The van der Waals surface area contributed by atoms with Crippen LogP contribution in [0, 0.1) is 5.41 Å². The Morgan fingerprint density at radius 2 is 1.81 bits per heavy atom. The van der Waals surface area contributed by atoms with E-state index in [1.165, 1.54) is 38.3 Å². The first-order valence-corrected chi connectivity index (χ1v) is 8.16. The van der Waals surface area contributed by atoms with Crippen LogP contribution in [0.5, 0.6) is 0 Å². The molecule has 0 bridgehead atoms. The minimum absolute atomic E-state index is 0.558. The third-order valence-electron chi connectivity index (χ3n) is 4.71. The van der Waals surface area contributed by atoms with Gasteiger partial charge in [-0.2, -0.15) is 0 Å². The van der Waals surface area contributed by atoms with Crippen LogP contribution in [-0.2, 0) is 0 Å². The number of benzene rings is 1. The molecule has 0 amide bonds. The van der Waals surface area contributed by atoms with Crippen LogP contribution < -0.4 is 4.90 Å². The van der Waals surface area contributed by atoms with Crippen molar-refractivity contribution in [2.45, 2.75) is 6.42 Å². The summed E-state index contributed by atoms with van der Waals surface area (Å²) < 4.78 is 2.89. The molecule has 3 heterocycles. The lowest BCUT2D eigenvalue weighted by Gasteiger charge is -2.46. The number of imidazole rings is 1. The summed E-state index contributed by atoms with van der Waals surface area (Å²) in [5, 5.41) is 0. The number of aromatic nitrogens is 2. The smallest absolute Gasteiger partial charge is 0.124 e. The van der Waals surface area contributed by atoms with E-state index in [1.54, 1.807) is 0 Å². The third kappa shape index (κ3) is 2.38. The first-order chi connectivity index (χ1) is 10.1. The Balaban J connectivity index is 1.50. The molecule has 1 spiro atoms. The van der Waals surface area contributed by atoms with Crippen LogP contribution >= 0.6 is 15.9 Å². The number of likely N-dealkylation sites (tertiary alicyclic amines) is 1. The maximum atomic E-state index is 4.20. The topological polar surface area (TPSA) is 24.3 Å². The van der Waals surface area contributed by atoms with Crippen molar-refractivity contribution in [1.29, 1.82) is 0 Å². The van der Waals surface area contributed by atoms with Crippen LogP contribution in [0.15, 0.2) is 41.4 Å². The molecule has 21 heavy (non-hydrogen) atoms. The van der Waals surface area contributed by atoms with Crippen LogP contribution in [0.4, 0.5) is 5.69 Å². The second-order valence-corrected chi connectivity index (χ2v) is 7.28. The molecule has 0 saturated carbocycles. The molecular weight excluding hydrogens is 328 g/mol. The van der Waals surface area contributed by atoms with Gasteiger partial charge in [-0.25, -0.2) is 4.98 Å². The molecule has 0 N–H and O–H groups in total. The molecule has 5 heteroatoms. The van der Waals surface area contributed by atoms with Gasteiger partial charge in [0.15, 0.2) is 0 Å². The number of hydrogen-bond donors (Lipinski definition) is 0. The lowest BCUT2D eigenvalue weighted by molar-refractivity contribution is 0.0424. The van der Waals surface area contributed by atoms with E-state index < -0.39 is 0 Å². The van der Waals surface area contributed by atoms with Gasteiger partial charge in [0.2, 0.25) is 0 Å². The molecule has 1 aromatic heterocycles. The predicted molar refractivity (Wildman–Crippen MR) is 88.0 cm³/mol. The molecular formula is C16H19BrN4. The Labute approximate surface area is 133 Å². The van der Waals surface area contributed by atoms with E-state index in [4.69, 9.17) is 0 Å². The zero-order valence-electron chi connectivity index (χ0n) is 12.2. The molecule has 0 radical (unpaired) electrons. The molecule has 2 aliphatic heterocycles. The summed E-state index contributed by atoms with van der Waals surface area (Å²) in [7, 11) is 2.21. The highest BCUT2D eigenvalue weighted by atomic mass is 79.9. The fraction of sp³-hybridized carbons (Fsp3) is 0.438. The Hall–Kier alpha value is -1.33. The summed E-state index contributed by atoms with van der Waals surface area (Å²) in [5.41, 5.74) is 3.04. The second-order valence-electron chi connectivity index (χ2n) is 6.46. The highest BCUT2D eigenvalue weighted by molar-refractivity contribution is 9.10. The molecule has 4 rings (SSSR count). The molecule has 2 saturated heterocycles. The highest BCUT2D eigenvalue weighted by Crippen LogP contribution is 2.40.